The number of hydrogen-bond acceptors (Lipinski definition) is 6. The molecule has 0 radical (unpaired) electrons. The van der Waals surface area contributed by atoms with E-state index in [0.717, 1.165) is 11.1 Å². The number of carbonyl (C=O) groups excluding carboxylic acids is 3. The molecular formula is C23H29N3O6S. The number of rotatable bonds is 11. The Morgan fingerprint density at radius 1 is 0.909 bits per heavy atom. The molecule has 2 rings (SSSR count). The highest BCUT2D eigenvalue weighted by molar-refractivity contribution is 7.89. The highest BCUT2D eigenvalue weighted by atomic mass is 32.2. The number of nitrogens with one attached hydrogen (secondary N) is 2. The molecule has 0 aliphatic rings. The van der Waals surface area contributed by atoms with Gasteiger partial charge in [-0.25, -0.2) is 8.42 Å². The van der Waals surface area contributed by atoms with Crippen molar-refractivity contribution in [2.45, 2.75) is 32.2 Å². The van der Waals surface area contributed by atoms with E-state index in [1.54, 1.807) is 13.8 Å². The topological polar surface area (TPSA) is 122 Å². The summed E-state index contributed by atoms with van der Waals surface area (Å²) in [6.07, 6.45) is 0. The molecule has 0 saturated heterocycles. The van der Waals surface area contributed by atoms with Crippen LogP contribution in [0.25, 0.3) is 0 Å². The maximum absolute atomic E-state index is 12.5. The van der Waals surface area contributed by atoms with Crippen LogP contribution >= 0.6 is 0 Å². The van der Waals surface area contributed by atoms with Crippen molar-refractivity contribution in [2.75, 3.05) is 26.2 Å². The van der Waals surface area contributed by atoms with E-state index < -0.39 is 41.0 Å². The first-order valence-corrected chi connectivity index (χ1v) is 12.0. The van der Waals surface area contributed by atoms with Gasteiger partial charge in [0.05, 0.1) is 4.90 Å². The lowest BCUT2D eigenvalue weighted by Crippen LogP contribution is -2.34. The number of hydrogen-bond donors (Lipinski definition) is 2. The molecule has 9 nitrogen and oxygen atoms in total. The van der Waals surface area contributed by atoms with Crippen molar-refractivity contribution < 1.29 is 27.5 Å². The number of amides is 2. The number of ether oxygens (including phenoxy) is 1. The van der Waals surface area contributed by atoms with Crippen LogP contribution in [0.15, 0.2) is 53.4 Å². The molecule has 178 valence electrons. The molecule has 0 saturated carbocycles. The molecule has 2 aromatic carbocycles. The maximum Gasteiger partial charge on any atom is 0.325 e. The second kappa shape index (κ2) is 12.1. The van der Waals surface area contributed by atoms with Crippen molar-refractivity contribution in [2.24, 2.45) is 0 Å². The van der Waals surface area contributed by atoms with Crippen LogP contribution in [-0.2, 0) is 30.9 Å². The summed E-state index contributed by atoms with van der Waals surface area (Å²) in [5.41, 5.74) is 2.22. The van der Waals surface area contributed by atoms with Crippen LogP contribution in [0.4, 0.5) is 0 Å². The predicted molar refractivity (Wildman–Crippen MR) is 123 cm³/mol. The molecule has 0 fully saturated rings. The van der Waals surface area contributed by atoms with Gasteiger partial charge >= 0.3 is 5.97 Å². The lowest BCUT2D eigenvalue weighted by atomic mass is 10.1. The second-order valence-corrected chi connectivity index (χ2v) is 9.16. The van der Waals surface area contributed by atoms with Crippen molar-refractivity contribution in [1.82, 2.24) is 14.9 Å². The molecule has 0 bridgehead atoms. The van der Waals surface area contributed by atoms with Gasteiger partial charge < -0.3 is 15.4 Å². The summed E-state index contributed by atoms with van der Waals surface area (Å²) in [5, 5.41) is 5.03. The maximum atomic E-state index is 12.5. The Morgan fingerprint density at radius 3 is 2.09 bits per heavy atom. The lowest BCUT2D eigenvalue weighted by Gasteiger charge is -2.18. The van der Waals surface area contributed by atoms with E-state index in [4.69, 9.17) is 4.74 Å². The SMILES string of the molecule is CCN(CC)S(=O)(=O)c1ccc(C(=O)NCC(=O)OCC(=O)NCc2ccc(C)cc2)cc1. The minimum absolute atomic E-state index is 0.0822. The Kier molecular flexibility index (Phi) is 9.56. The number of esters is 1. The fraction of sp³-hybridized carbons (Fsp3) is 0.348. The summed E-state index contributed by atoms with van der Waals surface area (Å²) in [7, 11) is -3.62. The molecule has 0 spiro atoms. The highest BCUT2D eigenvalue weighted by Gasteiger charge is 2.21. The Hall–Kier alpha value is -3.24. The summed E-state index contributed by atoms with van der Waals surface area (Å²) in [6.45, 7) is 5.56. The van der Waals surface area contributed by atoms with Gasteiger partial charge in [0.25, 0.3) is 11.8 Å². The average molecular weight is 476 g/mol. The summed E-state index contributed by atoms with van der Waals surface area (Å²) in [6, 6.07) is 13.1. The van der Waals surface area contributed by atoms with Gasteiger partial charge in [0, 0.05) is 25.2 Å². The van der Waals surface area contributed by atoms with Gasteiger partial charge in [-0.05, 0) is 36.8 Å². The third-order valence-corrected chi connectivity index (χ3v) is 6.89. The van der Waals surface area contributed by atoms with E-state index in [1.807, 2.05) is 31.2 Å². The first-order chi connectivity index (χ1) is 15.7. The first kappa shape index (κ1) is 26.0. The quantitative estimate of drug-likeness (QED) is 0.476. The van der Waals surface area contributed by atoms with Gasteiger partial charge in [0.2, 0.25) is 10.0 Å². The van der Waals surface area contributed by atoms with Gasteiger partial charge in [-0.3, -0.25) is 14.4 Å². The molecule has 2 N–H and O–H groups in total. The number of carbonyl (C=O) groups is 3. The number of sulfonamides is 1. The van der Waals surface area contributed by atoms with Gasteiger partial charge in [-0.15, -0.1) is 0 Å². The van der Waals surface area contributed by atoms with E-state index in [2.05, 4.69) is 10.6 Å². The summed E-state index contributed by atoms with van der Waals surface area (Å²) in [4.78, 5) is 35.9. The van der Waals surface area contributed by atoms with Gasteiger partial charge in [0.1, 0.15) is 6.54 Å². The van der Waals surface area contributed by atoms with E-state index in [9.17, 15) is 22.8 Å². The Balaban J connectivity index is 1.77. The molecular weight excluding hydrogens is 446 g/mol. The number of benzene rings is 2. The Morgan fingerprint density at radius 2 is 1.52 bits per heavy atom. The third-order valence-electron chi connectivity index (χ3n) is 4.83. The van der Waals surface area contributed by atoms with Crippen molar-refractivity contribution in [3.8, 4) is 0 Å². The zero-order valence-corrected chi connectivity index (χ0v) is 19.8. The molecule has 0 heterocycles. The molecule has 2 aromatic rings. The molecule has 33 heavy (non-hydrogen) atoms. The Bertz CT molecular complexity index is 1060. The molecule has 0 aromatic heterocycles. The number of aryl methyl sites for hydroxylation is 1. The molecule has 0 unspecified atom stereocenters. The summed E-state index contributed by atoms with van der Waals surface area (Å²) < 4.78 is 31.2. The first-order valence-electron chi connectivity index (χ1n) is 10.5. The lowest BCUT2D eigenvalue weighted by molar-refractivity contribution is -0.147. The van der Waals surface area contributed by atoms with E-state index in [0.29, 0.717) is 19.6 Å². The largest absolute Gasteiger partial charge is 0.454 e. The molecule has 0 aliphatic carbocycles. The normalized spacial score (nSPS) is 11.2. The van der Waals surface area contributed by atoms with Crippen LogP contribution in [0.2, 0.25) is 0 Å². The molecule has 0 aliphatic heterocycles. The monoisotopic (exact) mass is 475 g/mol. The van der Waals surface area contributed by atoms with Crippen LogP contribution in [0.1, 0.15) is 35.3 Å². The molecule has 10 heteroatoms. The fourth-order valence-electron chi connectivity index (χ4n) is 2.90. The Labute approximate surface area is 194 Å². The van der Waals surface area contributed by atoms with Gasteiger partial charge in [-0.2, -0.15) is 4.31 Å². The van der Waals surface area contributed by atoms with E-state index in [-0.39, 0.29) is 10.5 Å². The second-order valence-electron chi connectivity index (χ2n) is 7.22. The zero-order chi connectivity index (χ0) is 24.4. The zero-order valence-electron chi connectivity index (χ0n) is 19.0. The van der Waals surface area contributed by atoms with Crippen LogP contribution in [0.3, 0.4) is 0 Å². The highest BCUT2D eigenvalue weighted by Crippen LogP contribution is 2.16. The molecule has 0 atom stereocenters. The number of nitrogens with zero attached hydrogens (tertiary/aromatic N) is 1. The van der Waals surface area contributed by atoms with Crippen molar-refractivity contribution in [1.29, 1.82) is 0 Å². The minimum Gasteiger partial charge on any atom is -0.454 e. The van der Waals surface area contributed by atoms with Crippen LogP contribution in [-0.4, -0.2) is 56.7 Å². The van der Waals surface area contributed by atoms with Crippen molar-refractivity contribution >= 4 is 27.8 Å². The summed E-state index contributed by atoms with van der Waals surface area (Å²) >= 11 is 0. The van der Waals surface area contributed by atoms with Crippen LogP contribution in [0.5, 0.6) is 0 Å². The van der Waals surface area contributed by atoms with Crippen molar-refractivity contribution in [3.63, 3.8) is 0 Å². The summed E-state index contributed by atoms with van der Waals surface area (Å²) in [5.74, 6) is -1.79. The van der Waals surface area contributed by atoms with E-state index in [1.165, 1.54) is 28.6 Å². The molecule has 2 amide bonds. The van der Waals surface area contributed by atoms with Crippen LogP contribution < -0.4 is 10.6 Å². The van der Waals surface area contributed by atoms with E-state index >= 15 is 0 Å². The van der Waals surface area contributed by atoms with Gasteiger partial charge in [0.15, 0.2) is 6.61 Å². The standard InChI is InChI=1S/C23H29N3O6S/c1-4-26(5-2)33(30,31)20-12-10-19(11-13-20)23(29)25-15-22(28)32-16-21(27)24-14-18-8-6-17(3)7-9-18/h6-13H,4-5,14-16H2,1-3H3,(H,24,27)(H,25,29). The minimum atomic E-state index is -3.62. The van der Waals surface area contributed by atoms with Crippen molar-refractivity contribution in [3.05, 3.63) is 65.2 Å². The predicted octanol–water partition coefficient (Wildman–Crippen LogP) is 1.61. The smallest absolute Gasteiger partial charge is 0.325 e. The third kappa shape index (κ3) is 7.69. The van der Waals surface area contributed by atoms with Crippen LogP contribution in [0, 0.1) is 6.92 Å². The fourth-order valence-corrected chi connectivity index (χ4v) is 4.36. The van der Waals surface area contributed by atoms with Gasteiger partial charge in [-0.1, -0.05) is 43.7 Å². The average Bonchev–Trinajstić information content (AvgIpc) is 2.81.